The van der Waals surface area contributed by atoms with Crippen molar-refractivity contribution in [1.82, 2.24) is 0 Å². The second kappa shape index (κ2) is 9.34. The van der Waals surface area contributed by atoms with Crippen molar-refractivity contribution < 1.29 is 24.7 Å². The molecule has 5 heteroatoms. The number of quaternary nitrogens is 1. The summed E-state index contributed by atoms with van der Waals surface area (Å²) in [5, 5.41) is 16.3. The fourth-order valence-electron chi connectivity index (χ4n) is 1.41. The van der Waals surface area contributed by atoms with E-state index in [1.807, 2.05) is 25.1 Å². The molecule has 5 nitrogen and oxygen atoms in total. The molecule has 112 valence electrons. The van der Waals surface area contributed by atoms with E-state index in [0.29, 0.717) is 0 Å². The average molecular weight is 289 g/mol. The van der Waals surface area contributed by atoms with Crippen molar-refractivity contribution in [3.63, 3.8) is 0 Å². The zero-order valence-corrected chi connectivity index (χ0v) is 12.1. The summed E-state index contributed by atoms with van der Waals surface area (Å²) in [6, 6.07) is 10.5. The molecule has 0 saturated carbocycles. The van der Waals surface area contributed by atoms with Gasteiger partial charge in [-0.05, 0) is 18.4 Å². The molecule has 0 aromatic heterocycles. The maximum Gasteiger partial charge on any atom is 0.351 e. The van der Waals surface area contributed by atoms with Crippen LogP contribution in [0.3, 0.4) is 0 Å². The van der Waals surface area contributed by atoms with Crippen molar-refractivity contribution in [1.29, 1.82) is 0 Å². The van der Waals surface area contributed by atoms with Gasteiger partial charge in [0.05, 0.1) is 7.05 Å². The van der Waals surface area contributed by atoms with E-state index in [1.54, 1.807) is 0 Å². The molecule has 0 radical (unpaired) electrons. The highest BCUT2D eigenvalue weighted by Gasteiger charge is 2.11. The number of carbonyl (C=O) groups is 2. The topological polar surface area (TPSA) is 81.9 Å². The first-order valence-corrected chi connectivity index (χ1v) is 6.25. The molecule has 0 heterocycles. The molecule has 1 aromatic carbocycles. The summed E-state index contributed by atoms with van der Waals surface area (Å²) in [6.07, 6.45) is 5.39. The Kier molecular flexibility index (Phi) is 8.20. The quantitative estimate of drug-likeness (QED) is 0.553. The van der Waals surface area contributed by atoms with Crippen molar-refractivity contribution in [2.45, 2.75) is 13.0 Å². The number of carboxylic acids is 2. The number of terminal acetylenes is 1. The van der Waals surface area contributed by atoms with Gasteiger partial charge in [-0.2, -0.15) is 0 Å². The molecule has 0 bridgehead atoms. The smallest absolute Gasteiger partial charge is 0.351 e. The second-order valence-corrected chi connectivity index (χ2v) is 4.47. The van der Waals surface area contributed by atoms with Crippen LogP contribution in [0.4, 0.5) is 0 Å². The van der Waals surface area contributed by atoms with E-state index in [0.717, 1.165) is 12.1 Å². The third-order valence-corrected chi connectivity index (χ3v) is 2.84. The van der Waals surface area contributed by atoms with E-state index in [2.05, 4.69) is 31.7 Å². The maximum atomic E-state index is 9.04. The van der Waals surface area contributed by atoms with E-state index < -0.39 is 11.9 Å². The lowest BCUT2D eigenvalue weighted by Gasteiger charge is -2.18. The van der Waals surface area contributed by atoms with Crippen LogP contribution in [0.2, 0.25) is 0 Å². The number of benzene rings is 1. The van der Waals surface area contributed by atoms with Crippen molar-refractivity contribution >= 4 is 17.5 Å². The lowest BCUT2D eigenvalue weighted by Crippen LogP contribution is -3.12. The Bertz CT molecular complexity index is 519. The van der Waals surface area contributed by atoms with Gasteiger partial charge in [0.2, 0.25) is 0 Å². The Morgan fingerprint density at radius 1 is 1.43 bits per heavy atom. The second-order valence-electron chi connectivity index (χ2n) is 4.47. The first-order chi connectivity index (χ1) is 9.79. The van der Waals surface area contributed by atoms with Crippen molar-refractivity contribution in [3.05, 3.63) is 42.5 Å². The van der Waals surface area contributed by atoms with Gasteiger partial charge in [-0.3, -0.25) is 0 Å². The maximum absolute atomic E-state index is 9.04. The van der Waals surface area contributed by atoms with Crippen LogP contribution >= 0.6 is 0 Å². The molecule has 0 spiro atoms. The molecular formula is C16H19NO4. The predicted molar refractivity (Wildman–Crippen MR) is 78.2 cm³/mol. The molecule has 0 fully saturated rings. The summed E-state index contributed by atoms with van der Waals surface area (Å²) in [5.41, 5.74) is 2.33. The Labute approximate surface area is 124 Å². The van der Waals surface area contributed by atoms with Crippen LogP contribution in [0, 0.1) is 12.3 Å². The zero-order chi connectivity index (χ0) is 16.4. The number of hydrogen-bond donors (Lipinski definition) is 2. The summed E-state index contributed by atoms with van der Waals surface area (Å²) in [7, 11) is 2.10. The predicted octanol–water partition coefficient (Wildman–Crippen LogP) is -0.943. The fourth-order valence-corrected chi connectivity index (χ4v) is 1.41. The van der Waals surface area contributed by atoms with Crippen LogP contribution in [0.25, 0.3) is 5.57 Å². The summed E-state index contributed by atoms with van der Waals surface area (Å²) in [4.78, 5) is 19.3. The molecule has 0 amide bonds. The summed E-state index contributed by atoms with van der Waals surface area (Å²) < 4.78 is 0. The molecule has 2 N–H and O–H groups in total. The minimum absolute atomic E-state index is 0.227. The monoisotopic (exact) mass is 289 g/mol. The minimum Gasteiger partial charge on any atom is -0.539 e. The molecule has 1 aromatic rings. The van der Waals surface area contributed by atoms with E-state index >= 15 is 0 Å². The van der Waals surface area contributed by atoms with Gasteiger partial charge < -0.3 is 19.9 Å². The van der Waals surface area contributed by atoms with Crippen LogP contribution in [-0.2, 0) is 9.59 Å². The van der Waals surface area contributed by atoms with Crippen LogP contribution in [0.15, 0.2) is 36.9 Å². The van der Waals surface area contributed by atoms with Gasteiger partial charge >= 0.3 is 5.97 Å². The fraction of sp³-hybridized carbons (Fsp3) is 0.250. The number of aliphatic carboxylic acids is 2. The van der Waals surface area contributed by atoms with Crippen molar-refractivity contribution in [2.75, 3.05) is 13.6 Å². The van der Waals surface area contributed by atoms with Crippen LogP contribution < -0.4 is 10.0 Å². The normalized spacial score (nSPS) is 12.0. The number of carbonyl (C=O) groups excluding carboxylic acids is 1. The number of nitrogens with one attached hydrogen (secondary N) is 1. The lowest BCUT2D eigenvalue weighted by atomic mass is 10.1. The van der Waals surface area contributed by atoms with Gasteiger partial charge in [0.15, 0.2) is 5.97 Å². The Balaban J connectivity index is 0.000000567. The van der Waals surface area contributed by atoms with Gasteiger partial charge in [-0.25, -0.2) is 4.79 Å². The van der Waals surface area contributed by atoms with E-state index in [4.69, 9.17) is 26.2 Å². The minimum atomic E-state index is -2.07. The average Bonchev–Trinajstić information content (AvgIpc) is 2.47. The summed E-state index contributed by atoms with van der Waals surface area (Å²) >= 11 is 0. The molecule has 2 unspecified atom stereocenters. The number of hydrogen-bond acceptors (Lipinski definition) is 3. The zero-order valence-electron chi connectivity index (χ0n) is 12.1. The molecule has 2 atom stereocenters. The standard InChI is InChI=1S/C14H17N.C2H2O4/c1-5-13(3)15(4)11-12(2)14-9-7-6-8-10-14;3-1(4)2(5)6/h1,6-10,13H,2,11H2,3-4H3;(H,3,4)(H,5,6). The van der Waals surface area contributed by atoms with Crippen LogP contribution in [-0.4, -0.2) is 36.7 Å². The Morgan fingerprint density at radius 2 is 1.90 bits per heavy atom. The first-order valence-electron chi connectivity index (χ1n) is 6.25. The number of carboxylic acid groups (broad SMARTS) is 2. The Morgan fingerprint density at radius 3 is 2.29 bits per heavy atom. The highest BCUT2D eigenvalue weighted by Crippen LogP contribution is 2.08. The van der Waals surface area contributed by atoms with Crippen molar-refractivity contribution in [3.8, 4) is 12.3 Å². The molecule has 21 heavy (non-hydrogen) atoms. The molecular weight excluding hydrogens is 270 g/mol. The molecule has 0 saturated heterocycles. The van der Waals surface area contributed by atoms with Crippen molar-refractivity contribution in [2.24, 2.45) is 0 Å². The molecule has 0 aliphatic carbocycles. The highest BCUT2D eigenvalue weighted by atomic mass is 16.4. The van der Waals surface area contributed by atoms with Gasteiger partial charge in [0, 0.05) is 5.57 Å². The van der Waals surface area contributed by atoms with Crippen LogP contribution in [0.1, 0.15) is 12.5 Å². The largest absolute Gasteiger partial charge is 0.539 e. The first kappa shape index (κ1) is 18.4. The highest BCUT2D eigenvalue weighted by molar-refractivity contribution is 6.26. The van der Waals surface area contributed by atoms with E-state index in [9.17, 15) is 0 Å². The van der Waals surface area contributed by atoms with Crippen LogP contribution in [0.5, 0.6) is 0 Å². The third kappa shape index (κ3) is 7.55. The van der Waals surface area contributed by atoms with Gasteiger partial charge in [0.25, 0.3) is 0 Å². The summed E-state index contributed by atoms with van der Waals surface area (Å²) in [5.74, 6) is -1.27. The molecule has 0 aliphatic rings. The lowest BCUT2D eigenvalue weighted by molar-refractivity contribution is -0.887. The van der Waals surface area contributed by atoms with Gasteiger partial charge in [-0.15, -0.1) is 6.42 Å². The van der Waals surface area contributed by atoms with Gasteiger partial charge in [0.1, 0.15) is 12.6 Å². The molecule has 1 rings (SSSR count). The van der Waals surface area contributed by atoms with Gasteiger partial charge in [-0.1, -0.05) is 36.9 Å². The SMILES string of the molecule is C#CC(C)[NH+](C)CC(=C)c1ccccc1.O=C([O-])C(=O)O. The van der Waals surface area contributed by atoms with E-state index in [1.165, 1.54) is 10.5 Å². The third-order valence-electron chi connectivity index (χ3n) is 2.84. The Hall–Kier alpha value is -2.58. The van der Waals surface area contributed by atoms with E-state index in [-0.39, 0.29) is 6.04 Å². The number of likely N-dealkylation sites (N-methyl/N-ethyl adjacent to an activating group) is 1. The summed E-state index contributed by atoms with van der Waals surface area (Å²) in [6.45, 7) is 7.03. The molecule has 0 aliphatic heterocycles. The number of rotatable bonds is 4.